The van der Waals surface area contributed by atoms with Crippen LogP contribution in [0.1, 0.15) is 19.8 Å². The van der Waals surface area contributed by atoms with E-state index in [1.54, 1.807) is 0 Å². The van der Waals surface area contributed by atoms with Gasteiger partial charge >= 0.3 is 0 Å². The number of rotatable bonds is 5. The Labute approximate surface area is 56.0 Å². The third-order valence-electron chi connectivity index (χ3n) is 1.06. The predicted octanol–water partition coefficient (Wildman–Crippen LogP) is 1.86. The van der Waals surface area contributed by atoms with Crippen molar-refractivity contribution in [3.8, 4) is 0 Å². The van der Waals surface area contributed by atoms with Crippen molar-refractivity contribution in [2.45, 2.75) is 19.8 Å². The van der Waals surface area contributed by atoms with E-state index in [-0.39, 0.29) is 0 Å². The molecule has 0 aromatic heterocycles. The summed E-state index contributed by atoms with van der Waals surface area (Å²) in [7, 11) is 0. The van der Waals surface area contributed by atoms with E-state index in [0.717, 1.165) is 6.54 Å². The molecule has 0 amide bonds. The normalized spacial score (nSPS) is 10.9. The first-order valence-corrected chi connectivity index (χ1v) is 3.37. The van der Waals surface area contributed by atoms with Crippen LogP contribution in [0, 0.1) is 0 Å². The van der Waals surface area contributed by atoms with E-state index < -0.39 is 0 Å². The highest BCUT2D eigenvalue weighted by Gasteiger charge is 1.79. The largest absolute Gasteiger partial charge is 0.313 e. The van der Waals surface area contributed by atoms with E-state index in [0.29, 0.717) is 12.9 Å². The van der Waals surface area contributed by atoms with Crippen molar-refractivity contribution in [1.29, 1.82) is 0 Å². The van der Waals surface area contributed by atoms with Crippen LogP contribution in [0.4, 0.5) is 4.39 Å². The van der Waals surface area contributed by atoms with Gasteiger partial charge in [0.1, 0.15) is 0 Å². The van der Waals surface area contributed by atoms with Crippen LogP contribution >= 0.6 is 0 Å². The number of nitrogens with one attached hydrogen (secondary N) is 1. The second kappa shape index (κ2) is 7.63. The standard InChI is InChI=1S/C7H14FN/c1-2-3-6-9-7-4-5-8/h4-5,9H,2-3,6-7H2,1H3. The summed E-state index contributed by atoms with van der Waals surface area (Å²) < 4.78 is 11.3. The van der Waals surface area contributed by atoms with Gasteiger partial charge in [0.05, 0.1) is 6.33 Å². The molecule has 54 valence electrons. The summed E-state index contributed by atoms with van der Waals surface area (Å²) in [6.07, 6.45) is 4.39. The van der Waals surface area contributed by atoms with Gasteiger partial charge in [0, 0.05) is 6.54 Å². The molecule has 0 unspecified atom stereocenters. The molecule has 2 heteroatoms. The molecule has 0 saturated carbocycles. The molecule has 1 N–H and O–H groups in total. The van der Waals surface area contributed by atoms with Crippen molar-refractivity contribution in [3.05, 3.63) is 12.4 Å². The molecule has 0 radical (unpaired) electrons. The fourth-order valence-electron chi connectivity index (χ4n) is 0.532. The second-order valence-electron chi connectivity index (χ2n) is 1.92. The molecular formula is C7H14FN. The average Bonchev–Trinajstić information content (AvgIpc) is 1.89. The van der Waals surface area contributed by atoms with Crippen LogP contribution in [0.25, 0.3) is 0 Å². The minimum absolute atomic E-state index is 0.568. The Kier molecular flexibility index (Phi) is 7.32. The van der Waals surface area contributed by atoms with Gasteiger partial charge in [-0.15, -0.1) is 0 Å². The molecule has 0 bridgehead atoms. The minimum Gasteiger partial charge on any atom is -0.313 e. The maximum Gasteiger partial charge on any atom is 0.0839 e. The molecule has 0 aromatic carbocycles. The Morgan fingerprint density at radius 1 is 1.56 bits per heavy atom. The average molecular weight is 131 g/mol. The Hall–Kier alpha value is -0.370. The van der Waals surface area contributed by atoms with Gasteiger partial charge in [-0.2, -0.15) is 0 Å². The molecule has 0 aliphatic heterocycles. The molecule has 0 atom stereocenters. The van der Waals surface area contributed by atoms with Crippen molar-refractivity contribution in [3.63, 3.8) is 0 Å². The van der Waals surface area contributed by atoms with Gasteiger partial charge in [0.25, 0.3) is 0 Å². The molecule has 0 aliphatic rings. The lowest BCUT2D eigenvalue weighted by Gasteiger charge is -1.96. The van der Waals surface area contributed by atoms with Crippen molar-refractivity contribution in [2.24, 2.45) is 0 Å². The first kappa shape index (κ1) is 8.63. The van der Waals surface area contributed by atoms with Gasteiger partial charge in [0.2, 0.25) is 0 Å². The summed E-state index contributed by atoms with van der Waals surface area (Å²) in [5.74, 6) is 0. The van der Waals surface area contributed by atoms with E-state index in [1.807, 2.05) is 0 Å². The Bertz CT molecular complexity index is 71.3. The molecule has 0 rings (SSSR count). The fourth-order valence-corrected chi connectivity index (χ4v) is 0.532. The molecule has 0 spiro atoms. The first-order valence-electron chi connectivity index (χ1n) is 3.37. The van der Waals surface area contributed by atoms with Crippen LogP contribution in [-0.4, -0.2) is 13.1 Å². The van der Waals surface area contributed by atoms with Crippen molar-refractivity contribution in [2.75, 3.05) is 13.1 Å². The highest BCUT2D eigenvalue weighted by Crippen LogP contribution is 1.81. The zero-order chi connectivity index (χ0) is 6.95. The van der Waals surface area contributed by atoms with Crippen molar-refractivity contribution in [1.82, 2.24) is 5.32 Å². The van der Waals surface area contributed by atoms with Gasteiger partial charge in [-0.3, -0.25) is 0 Å². The van der Waals surface area contributed by atoms with E-state index in [2.05, 4.69) is 12.2 Å². The van der Waals surface area contributed by atoms with Gasteiger partial charge in [0.15, 0.2) is 0 Å². The monoisotopic (exact) mass is 131 g/mol. The Balaban J connectivity index is 2.75. The lowest BCUT2D eigenvalue weighted by Crippen LogP contribution is -2.14. The molecule has 0 heterocycles. The molecule has 0 fully saturated rings. The quantitative estimate of drug-likeness (QED) is 0.561. The topological polar surface area (TPSA) is 12.0 Å². The summed E-state index contributed by atoms with van der Waals surface area (Å²) in [4.78, 5) is 0. The van der Waals surface area contributed by atoms with E-state index in [4.69, 9.17) is 0 Å². The molecule has 1 nitrogen and oxygen atoms in total. The van der Waals surface area contributed by atoms with Gasteiger partial charge in [-0.25, -0.2) is 4.39 Å². The third-order valence-corrected chi connectivity index (χ3v) is 1.06. The van der Waals surface area contributed by atoms with Crippen LogP contribution in [-0.2, 0) is 0 Å². The summed E-state index contributed by atoms with van der Waals surface area (Å²) >= 11 is 0. The highest BCUT2D eigenvalue weighted by molar-refractivity contribution is 4.74. The first-order chi connectivity index (χ1) is 4.41. The van der Waals surface area contributed by atoms with E-state index >= 15 is 0 Å². The maximum absolute atomic E-state index is 11.3. The van der Waals surface area contributed by atoms with Crippen molar-refractivity contribution >= 4 is 0 Å². The molecule has 9 heavy (non-hydrogen) atoms. The molecule has 0 aliphatic carbocycles. The van der Waals surface area contributed by atoms with E-state index in [1.165, 1.54) is 18.9 Å². The molecule has 0 aromatic rings. The number of halogens is 1. The van der Waals surface area contributed by atoms with Crippen LogP contribution in [0.15, 0.2) is 12.4 Å². The maximum atomic E-state index is 11.3. The smallest absolute Gasteiger partial charge is 0.0839 e. The number of unbranched alkanes of at least 4 members (excludes halogenated alkanes) is 1. The van der Waals surface area contributed by atoms with Gasteiger partial charge < -0.3 is 5.32 Å². The number of hydrogen-bond donors (Lipinski definition) is 1. The summed E-state index contributed by atoms with van der Waals surface area (Å²) in [5.41, 5.74) is 0. The zero-order valence-corrected chi connectivity index (χ0v) is 5.86. The SMILES string of the molecule is CCCCNCC=CF. The summed E-state index contributed by atoms with van der Waals surface area (Å²) in [6, 6.07) is 0. The van der Waals surface area contributed by atoms with Crippen LogP contribution in [0.3, 0.4) is 0 Å². The fraction of sp³-hybridized carbons (Fsp3) is 0.714. The lowest BCUT2D eigenvalue weighted by molar-refractivity contribution is 0.668. The summed E-state index contributed by atoms with van der Waals surface area (Å²) in [5, 5.41) is 3.06. The summed E-state index contributed by atoms with van der Waals surface area (Å²) in [6.45, 7) is 3.77. The third kappa shape index (κ3) is 7.63. The van der Waals surface area contributed by atoms with Crippen molar-refractivity contribution < 1.29 is 4.39 Å². The minimum atomic E-state index is 0.568. The van der Waals surface area contributed by atoms with Gasteiger partial charge in [-0.05, 0) is 19.0 Å². The zero-order valence-electron chi connectivity index (χ0n) is 5.86. The molecular weight excluding hydrogens is 117 g/mol. The Morgan fingerprint density at radius 2 is 2.33 bits per heavy atom. The second-order valence-corrected chi connectivity index (χ2v) is 1.92. The molecule has 0 saturated heterocycles. The lowest BCUT2D eigenvalue weighted by atomic mass is 10.3. The Morgan fingerprint density at radius 3 is 2.89 bits per heavy atom. The number of hydrogen-bond acceptors (Lipinski definition) is 1. The van der Waals surface area contributed by atoms with Gasteiger partial charge in [-0.1, -0.05) is 13.3 Å². The van der Waals surface area contributed by atoms with E-state index in [9.17, 15) is 4.39 Å². The van der Waals surface area contributed by atoms with Crippen LogP contribution < -0.4 is 5.32 Å². The highest BCUT2D eigenvalue weighted by atomic mass is 19.1. The predicted molar refractivity (Wildman–Crippen MR) is 38.0 cm³/mol. The van der Waals surface area contributed by atoms with Crippen LogP contribution in [0.2, 0.25) is 0 Å². The van der Waals surface area contributed by atoms with Crippen LogP contribution in [0.5, 0.6) is 0 Å².